The quantitative estimate of drug-likeness (QED) is 0.411. The van der Waals surface area contributed by atoms with Gasteiger partial charge in [-0.05, 0) is 48.9 Å². The van der Waals surface area contributed by atoms with Gasteiger partial charge in [0.25, 0.3) is 5.91 Å². The second-order valence-electron chi connectivity index (χ2n) is 6.42. The highest BCUT2D eigenvalue weighted by molar-refractivity contribution is 6.21. The molecule has 8 nitrogen and oxygen atoms in total. The Hall–Kier alpha value is -3.99. The van der Waals surface area contributed by atoms with E-state index in [9.17, 15) is 14.9 Å². The fourth-order valence-electron chi connectivity index (χ4n) is 2.75. The zero-order valence-electron chi connectivity index (χ0n) is 17.3. The van der Waals surface area contributed by atoms with Crippen LogP contribution in [0.3, 0.4) is 0 Å². The Kier molecular flexibility index (Phi) is 7.42. The van der Waals surface area contributed by atoms with Crippen molar-refractivity contribution < 1.29 is 19.1 Å². The lowest BCUT2D eigenvalue weighted by atomic mass is 10.1. The highest BCUT2D eigenvalue weighted by Crippen LogP contribution is 2.30. The first-order valence-electron chi connectivity index (χ1n) is 9.11. The molecule has 0 heterocycles. The summed E-state index contributed by atoms with van der Waals surface area (Å²) < 4.78 is 10.5. The van der Waals surface area contributed by atoms with Gasteiger partial charge in [-0.1, -0.05) is 6.07 Å². The molecule has 0 bridgehead atoms. The number of imide groups is 1. The van der Waals surface area contributed by atoms with E-state index < -0.39 is 11.8 Å². The molecule has 3 N–H and O–H groups in total. The van der Waals surface area contributed by atoms with Crippen molar-refractivity contribution in [1.82, 2.24) is 5.32 Å². The minimum atomic E-state index is -0.734. The average molecular weight is 408 g/mol. The number of hydrogen-bond donors (Lipinski definition) is 2. The lowest BCUT2D eigenvalue weighted by Crippen LogP contribution is -2.36. The van der Waals surface area contributed by atoms with Crippen LogP contribution >= 0.6 is 0 Å². The minimum absolute atomic E-state index is 0.214. The van der Waals surface area contributed by atoms with Gasteiger partial charge in [0, 0.05) is 24.9 Å². The molecule has 2 amide bonds. The number of ether oxygens (including phenoxy) is 2. The zero-order valence-corrected chi connectivity index (χ0v) is 17.3. The molecule has 2 aromatic rings. The molecular weight excluding hydrogens is 384 g/mol. The van der Waals surface area contributed by atoms with E-state index in [1.54, 1.807) is 50.6 Å². The second-order valence-corrected chi connectivity index (χ2v) is 6.42. The van der Waals surface area contributed by atoms with Crippen LogP contribution in [0.15, 0.2) is 54.2 Å². The van der Waals surface area contributed by atoms with E-state index in [1.165, 1.54) is 13.1 Å². The van der Waals surface area contributed by atoms with Gasteiger partial charge in [0.15, 0.2) is 11.5 Å². The molecule has 0 spiro atoms. The summed E-state index contributed by atoms with van der Waals surface area (Å²) in [6.07, 6.45) is 1.30. The van der Waals surface area contributed by atoms with Crippen molar-refractivity contribution in [1.29, 1.82) is 5.26 Å². The van der Waals surface area contributed by atoms with Gasteiger partial charge in [-0.15, -0.1) is 0 Å². The predicted octanol–water partition coefficient (Wildman–Crippen LogP) is 2.92. The summed E-state index contributed by atoms with van der Waals surface area (Å²) in [5.74, 6) is -0.0894. The summed E-state index contributed by atoms with van der Waals surface area (Å²) >= 11 is 0. The Morgan fingerprint density at radius 3 is 2.30 bits per heavy atom. The first-order valence-corrected chi connectivity index (χ1v) is 9.11. The number of methoxy groups -OCH3 is 2. The van der Waals surface area contributed by atoms with E-state index in [4.69, 9.17) is 15.2 Å². The first kappa shape index (κ1) is 22.3. The topological polar surface area (TPSA) is 118 Å². The van der Waals surface area contributed by atoms with Gasteiger partial charge in [-0.25, -0.2) is 4.90 Å². The number of carbonyl (C=O) groups is 2. The number of nitrogens with zero attached hydrogens (tertiary/aromatic N) is 2. The van der Waals surface area contributed by atoms with Crippen molar-refractivity contribution in [3.63, 3.8) is 0 Å². The monoisotopic (exact) mass is 408 g/mol. The number of hydrogen-bond acceptors (Lipinski definition) is 7. The lowest BCUT2D eigenvalue weighted by molar-refractivity contribution is -0.123. The number of nitriles is 1. The number of rotatable bonds is 7. The van der Waals surface area contributed by atoms with Crippen molar-refractivity contribution in [2.45, 2.75) is 19.9 Å². The van der Waals surface area contributed by atoms with Gasteiger partial charge in [-0.2, -0.15) is 5.26 Å². The number of carbonyl (C=O) groups excluding carboxylic acids is 2. The fourth-order valence-corrected chi connectivity index (χ4v) is 2.75. The van der Waals surface area contributed by atoms with Crippen LogP contribution in [0.25, 0.3) is 0 Å². The minimum Gasteiger partial charge on any atom is -0.493 e. The lowest BCUT2D eigenvalue weighted by Gasteiger charge is -2.20. The van der Waals surface area contributed by atoms with Crippen molar-refractivity contribution in [3.8, 4) is 17.6 Å². The Bertz CT molecular complexity index is 993. The highest BCUT2D eigenvalue weighted by Gasteiger charge is 2.24. The molecule has 0 saturated heterocycles. The van der Waals surface area contributed by atoms with Crippen LogP contribution in [0.4, 0.5) is 11.4 Å². The second kappa shape index (κ2) is 9.98. The van der Waals surface area contributed by atoms with Gasteiger partial charge in [0.1, 0.15) is 11.6 Å². The van der Waals surface area contributed by atoms with Crippen LogP contribution in [0.2, 0.25) is 0 Å². The Balaban J connectivity index is 2.25. The first-order chi connectivity index (χ1) is 14.3. The molecule has 0 radical (unpaired) electrons. The van der Waals surface area contributed by atoms with Crippen molar-refractivity contribution in [3.05, 3.63) is 59.8 Å². The molecular formula is C22H24N4O4. The Morgan fingerprint density at radius 1 is 1.13 bits per heavy atom. The standard InChI is InChI=1S/C22H24N4O4/c1-14(16-5-10-20(29-3)21(11-16)30-4)25-13-17(12-23)22(28)26(15(2)27)19-8-6-18(24)7-9-19/h5-11,13-14,25H,24H2,1-4H3/b17-13-. The molecule has 30 heavy (non-hydrogen) atoms. The van der Waals surface area contributed by atoms with E-state index in [1.807, 2.05) is 19.1 Å². The van der Waals surface area contributed by atoms with Crippen LogP contribution < -0.4 is 25.4 Å². The van der Waals surface area contributed by atoms with Gasteiger partial charge in [0.2, 0.25) is 5.91 Å². The summed E-state index contributed by atoms with van der Waals surface area (Å²) in [5.41, 5.74) is 7.13. The molecule has 2 rings (SSSR count). The molecule has 0 fully saturated rings. The Labute approximate surface area is 175 Å². The summed E-state index contributed by atoms with van der Waals surface area (Å²) in [6.45, 7) is 3.11. The van der Waals surface area contributed by atoms with Crippen molar-refractivity contribution in [2.24, 2.45) is 0 Å². The van der Waals surface area contributed by atoms with Crippen molar-refractivity contribution >= 4 is 23.2 Å². The molecule has 0 saturated carbocycles. The smallest absolute Gasteiger partial charge is 0.277 e. The zero-order chi connectivity index (χ0) is 22.3. The molecule has 0 aliphatic heterocycles. The number of amides is 2. The van der Waals surface area contributed by atoms with Crippen LogP contribution in [-0.2, 0) is 9.59 Å². The van der Waals surface area contributed by atoms with Crippen molar-refractivity contribution in [2.75, 3.05) is 24.9 Å². The molecule has 0 aliphatic rings. The number of anilines is 2. The normalized spacial score (nSPS) is 11.8. The number of benzene rings is 2. The molecule has 8 heteroatoms. The number of nitrogens with one attached hydrogen (secondary N) is 1. The molecule has 156 valence electrons. The van der Waals surface area contributed by atoms with Gasteiger partial charge >= 0.3 is 0 Å². The maximum Gasteiger partial charge on any atom is 0.277 e. The average Bonchev–Trinajstić information content (AvgIpc) is 2.74. The maximum atomic E-state index is 12.8. The van der Waals surface area contributed by atoms with Gasteiger partial charge in [0.05, 0.1) is 19.9 Å². The summed E-state index contributed by atoms with van der Waals surface area (Å²) in [5, 5.41) is 12.5. The van der Waals surface area contributed by atoms with E-state index in [-0.39, 0.29) is 11.6 Å². The van der Waals surface area contributed by atoms with E-state index in [0.717, 1.165) is 10.5 Å². The van der Waals surface area contributed by atoms with Crippen LogP contribution in [0.5, 0.6) is 11.5 Å². The third-order valence-corrected chi connectivity index (χ3v) is 4.41. The highest BCUT2D eigenvalue weighted by atomic mass is 16.5. The maximum absolute atomic E-state index is 12.8. The van der Waals surface area contributed by atoms with Gasteiger partial charge in [-0.3, -0.25) is 9.59 Å². The molecule has 1 unspecified atom stereocenters. The van der Waals surface area contributed by atoms with E-state index >= 15 is 0 Å². The predicted molar refractivity (Wildman–Crippen MR) is 114 cm³/mol. The molecule has 0 aliphatic carbocycles. The van der Waals surface area contributed by atoms with Gasteiger partial charge < -0.3 is 20.5 Å². The molecule has 1 atom stereocenters. The van der Waals surface area contributed by atoms with E-state index in [2.05, 4.69) is 5.32 Å². The molecule has 2 aromatic carbocycles. The third kappa shape index (κ3) is 5.08. The van der Waals surface area contributed by atoms with Crippen LogP contribution in [0, 0.1) is 11.3 Å². The van der Waals surface area contributed by atoms with Crippen LogP contribution in [-0.4, -0.2) is 26.0 Å². The summed E-state index contributed by atoms with van der Waals surface area (Å²) in [6, 6.07) is 13.3. The van der Waals surface area contributed by atoms with Crippen LogP contribution in [0.1, 0.15) is 25.5 Å². The number of nitrogen functional groups attached to an aromatic ring is 1. The SMILES string of the molecule is COc1ccc(C(C)N/C=C(/C#N)C(=O)N(C(C)=O)c2ccc(N)cc2)cc1OC. The third-order valence-electron chi connectivity index (χ3n) is 4.41. The van der Waals surface area contributed by atoms with E-state index in [0.29, 0.717) is 22.9 Å². The number of nitrogens with two attached hydrogens (primary N) is 1. The molecule has 0 aromatic heterocycles. The fraction of sp³-hybridized carbons (Fsp3) is 0.227. The summed E-state index contributed by atoms with van der Waals surface area (Å²) in [4.78, 5) is 25.8. The Morgan fingerprint density at radius 2 is 1.77 bits per heavy atom. The summed E-state index contributed by atoms with van der Waals surface area (Å²) in [7, 11) is 3.09. The largest absolute Gasteiger partial charge is 0.493 e.